The molecule has 0 radical (unpaired) electrons. The van der Waals surface area contributed by atoms with E-state index < -0.39 is 0 Å². The summed E-state index contributed by atoms with van der Waals surface area (Å²) in [5, 5.41) is 0. The van der Waals surface area contributed by atoms with E-state index in [4.69, 9.17) is 21.1 Å². The van der Waals surface area contributed by atoms with Gasteiger partial charge in [-0.25, -0.2) is 0 Å². The molecule has 0 aliphatic carbocycles. The highest BCUT2D eigenvalue weighted by Crippen LogP contribution is 2.29. The Hall–Kier alpha value is -1.17. The van der Waals surface area contributed by atoms with Crippen LogP contribution in [0.3, 0.4) is 0 Å². The van der Waals surface area contributed by atoms with E-state index in [9.17, 15) is 0 Å². The summed E-state index contributed by atoms with van der Waals surface area (Å²) in [5.74, 6) is 7.64. The molecule has 2 nitrogen and oxygen atoms in total. The van der Waals surface area contributed by atoms with Crippen molar-refractivity contribution in [3.63, 3.8) is 0 Å². The lowest BCUT2D eigenvalue weighted by Crippen LogP contribution is -2.23. The molecular formula is C18H23ClO2. The van der Waals surface area contributed by atoms with E-state index in [-0.39, 0.29) is 11.7 Å². The van der Waals surface area contributed by atoms with Gasteiger partial charge in [0.05, 0.1) is 11.7 Å². The van der Waals surface area contributed by atoms with Gasteiger partial charge >= 0.3 is 0 Å². The van der Waals surface area contributed by atoms with Crippen LogP contribution in [-0.4, -0.2) is 24.2 Å². The Morgan fingerprint density at radius 2 is 2.24 bits per heavy atom. The van der Waals surface area contributed by atoms with Gasteiger partial charge in [0.15, 0.2) is 0 Å². The van der Waals surface area contributed by atoms with Gasteiger partial charge in [0.2, 0.25) is 0 Å². The van der Waals surface area contributed by atoms with Crippen molar-refractivity contribution in [1.29, 1.82) is 0 Å². The first-order valence-corrected chi connectivity index (χ1v) is 8.00. The third kappa shape index (κ3) is 4.95. The molecule has 2 rings (SSSR count). The second-order valence-electron chi connectivity index (χ2n) is 6.07. The summed E-state index contributed by atoms with van der Waals surface area (Å²) in [6, 6.07) is 6.01. The number of aryl methyl sites for hydroxylation is 1. The molecule has 0 aromatic heterocycles. The largest absolute Gasteiger partial charge is 0.491 e. The average molecular weight is 307 g/mol. The Balaban J connectivity index is 1.90. The Morgan fingerprint density at radius 3 is 2.86 bits per heavy atom. The molecule has 1 atom stereocenters. The van der Waals surface area contributed by atoms with Crippen LogP contribution in [0.5, 0.6) is 5.75 Å². The minimum absolute atomic E-state index is 0.00812. The lowest BCUT2D eigenvalue weighted by molar-refractivity contribution is -0.0326. The van der Waals surface area contributed by atoms with Crippen molar-refractivity contribution >= 4 is 11.6 Å². The van der Waals surface area contributed by atoms with Crippen LogP contribution in [0.2, 0.25) is 0 Å². The van der Waals surface area contributed by atoms with Crippen LogP contribution in [0.15, 0.2) is 18.2 Å². The summed E-state index contributed by atoms with van der Waals surface area (Å²) in [4.78, 5) is 0. The van der Waals surface area contributed by atoms with Gasteiger partial charge in [0.1, 0.15) is 12.4 Å². The number of benzene rings is 1. The molecule has 1 aromatic carbocycles. The number of hydrogen-bond acceptors (Lipinski definition) is 2. The smallest absolute Gasteiger partial charge is 0.119 e. The maximum Gasteiger partial charge on any atom is 0.119 e. The van der Waals surface area contributed by atoms with Gasteiger partial charge in [-0.3, -0.25) is 0 Å². The Morgan fingerprint density at radius 1 is 1.43 bits per heavy atom. The standard InChI is InChI=1S/C18H23ClO2/c1-14-12-16(8-7-15(14)6-4-5-11-19)20-13-17-9-10-18(2,3)21-17/h7-8,12,17H,5,9-11,13H2,1-3H3. The summed E-state index contributed by atoms with van der Waals surface area (Å²) in [7, 11) is 0. The SMILES string of the molecule is Cc1cc(OCC2CCC(C)(C)O2)ccc1C#CCCCl. The van der Waals surface area contributed by atoms with Gasteiger partial charge in [-0.1, -0.05) is 11.8 Å². The summed E-state index contributed by atoms with van der Waals surface area (Å²) in [6.45, 7) is 6.92. The normalized spacial score (nSPS) is 19.9. The zero-order valence-corrected chi connectivity index (χ0v) is 13.8. The maximum absolute atomic E-state index is 5.93. The Labute approximate surface area is 132 Å². The first-order chi connectivity index (χ1) is 10.00. The average Bonchev–Trinajstić information content (AvgIpc) is 2.78. The van der Waals surface area contributed by atoms with Crippen LogP contribution in [0.4, 0.5) is 0 Å². The topological polar surface area (TPSA) is 18.5 Å². The van der Waals surface area contributed by atoms with E-state index in [0.717, 1.165) is 29.7 Å². The van der Waals surface area contributed by atoms with Crippen LogP contribution < -0.4 is 4.74 Å². The molecule has 3 heteroatoms. The Bertz CT molecular complexity index is 540. The molecule has 1 heterocycles. The second-order valence-corrected chi connectivity index (χ2v) is 6.44. The van der Waals surface area contributed by atoms with Gasteiger partial charge in [0, 0.05) is 17.9 Å². The molecule has 0 amide bonds. The lowest BCUT2D eigenvalue weighted by Gasteiger charge is -2.19. The van der Waals surface area contributed by atoms with Crippen molar-refractivity contribution in [3.05, 3.63) is 29.3 Å². The van der Waals surface area contributed by atoms with Gasteiger partial charge in [-0.2, -0.15) is 0 Å². The predicted octanol–water partition coefficient (Wildman–Crippen LogP) is 4.31. The van der Waals surface area contributed by atoms with E-state index >= 15 is 0 Å². The van der Waals surface area contributed by atoms with E-state index in [2.05, 4.69) is 25.7 Å². The first kappa shape index (κ1) is 16.2. The van der Waals surface area contributed by atoms with Crippen molar-refractivity contribution in [3.8, 4) is 17.6 Å². The molecule has 114 valence electrons. The highest BCUT2D eigenvalue weighted by atomic mass is 35.5. The third-order valence-electron chi connectivity index (χ3n) is 3.63. The van der Waals surface area contributed by atoms with Gasteiger partial charge in [-0.05, 0) is 57.4 Å². The van der Waals surface area contributed by atoms with E-state index in [1.165, 1.54) is 0 Å². The van der Waals surface area contributed by atoms with E-state index in [1.807, 2.05) is 25.1 Å². The molecule has 1 aromatic rings. The number of hydrogen-bond donors (Lipinski definition) is 0. The van der Waals surface area contributed by atoms with Gasteiger partial charge < -0.3 is 9.47 Å². The number of halogens is 1. The van der Waals surface area contributed by atoms with Crippen LogP contribution in [0, 0.1) is 18.8 Å². The minimum Gasteiger partial charge on any atom is -0.491 e. The fourth-order valence-electron chi connectivity index (χ4n) is 2.46. The van der Waals surface area contributed by atoms with E-state index in [1.54, 1.807) is 0 Å². The molecule has 1 aliphatic heterocycles. The zero-order valence-electron chi connectivity index (χ0n) is 13.0. The predicted molar refractivity (Wildman–Crippen MR) is 87.1 cm³/mol. The van der Waals surface area contributed by atoms with Gasteiger partial charge in [-0.15, -0.1) is 11.6 Å². The fraction of sp³-hybridized carbons (Fsp3) is 0.556. The van der Waals surface area contributed by atoms with Crippen LogP contribution >= 0.6 is 11.6 Å². The first-order valence-electron chi connectivity index (χ1n) is 7.46. The monoisotopic (exact) mass is 306 g/mol. The zero-order chi connectivity index (χ0) is 15.3. The highest BCUT2D eigenvalue weighted by Gasteiger charge is 2.31. The number of ether oxygens (including phenoxy) is 2. The maximum atomic E-state index is 5.93. The van der Waals surface area contributed by atoms with Gasteiger partial charge in [0.25, 0.3) is 0 Å². The summed E-state index contributed by atoms with van der Waals surface area (Å²) >= 11 is 5.62. The number of alkyl halides is 1. The molecular weight excluding hydrogens is 284 g/mol. The number of rotatable bonds is 4. The van der Waals surface area contributed by atoms with E-state index in [0.29, 0.717) is 18.9 Å². The quantitative estimate of drug-likeness (QED) is 0.609. The third-order valence-corrected chi connectivity index (χ3v) is 3.82. The molecule has 1 unspecified atom stereocenters. The molecule has 0 saturated carbocycles. The van der Waals surface area contributed by atoms with Crippen molar-refractivity contribution in [1.82, 2.24) is 0 Å². The molecule has 0 N–H and O–H groups in total. The lowest BCUT2D eigenvalue weighted by atomic mass is 10.1. The van der Waals surface area contributed by atoms with Crippen molar-refractivity contribution in [2.75, 3.05) is 12.5 Å². The second kappa shape index (κ2) is 7.20. The molecule has 1 aliphatic rings. The molecule has 1 saturated heterocycles. The highest BCUT2D eigenvalue weighted by molar-refractivity contribution is 6.18. The molecule has 0 spiro atoms. The van der Waals surface area contributed by atoms with Crippen LogP contribution in [0.25, 0.3) is 0 Å². The van der Waals surface area contributed by atoms with Crippen molar-refractivity contribution in [2.45, 2.75) is 51.7 Å². The summed E-state index contributed by atoms with van der Waals surface area (Å²) in [6.07, 6.45) is 3.07. The minimum atomic E-state index is -0.00812. The van der Waals surface area contributed by atoms with Crippen LogP contribution in [0.1, 0.15) is 44.2 Å². The van der Waals surface area contributed by atoms with Crippen molar-refractivity contribution in [2.24, 2.45) is 0 Å². The fourth-order valence-corrected chi connectivity index (χ4v) is 2.55. The van der Waals surface area contributed by atoms with Crippen LogP contribution in [-0.2, 0) is 4.74 Å². The molecule has 1 fully saturated rings. The summed E-state index contributed by atoms with van der Waals surface area (Å²) < 4.78 is 11.8. The van der Waals surface area contributed by atoms with Crippen molar-refractivity contribution < 1.29 is 9.47 Å². The Kier molecular flexibility index (Phi) is 5.56. The molecule has 0 bridgehead atoms. The summed E-state index contributed by atoms with van der Waals surface area (Å²) in [5.41, 5.74) is 2.15. The molecule has 21 heavy (non-hydrogen) atoms.